The van der Waals surface area contributed by atoms with E-state index in [1.165, 1.54) is 9.80 Å². The maximum atomic E-state index is 13.4. The molecule has 0 unspecified atom stereocenters. The summed E-state index contributed by atoms with van der Waals surface area (Å²) in [4.78, 5) is 55.7. The molecule has 2 aliphatic rings. The first-order valence-corrected chi connectivity index (χ1v) is 19.0. The monoisotopic (exact) mass is 760 g/mol. The molecule has 2 N–H and O–H groups in total. The lowest BCUT2D eigenvalue weighted by atomic mass is 10.1. The molecule has 0 aromatic heterocycles. The average Bonchev–Trinajstić information content (AvgIpc) is 3.86. The van der Waals surface area contributed by atoms with E-state index in [-0.39, 0.29) is 50.3 Å². The Labute approximate surface area is 327 Å². The second-order valence-corrected chi connectivity index (χ2v) is 13.6. The summed E-state index contributed by atoms with van der Waals surface area (Å²) in [5.41, 5.74) is 4.75. The number of benzene rings is 4. The second-order valence-electron chi connectivity index (χ2n) is 13.6. The molecule has 12 heteroatoms. The van der Waals surface area contributed by atoms with Crippen LogP contribution in [0.5, 0.6) is 0 Å². The summed E-state index contributed by atoms with van der Waals surface area (Å²) in [6.07, 6.45) is 3.01. The van der Waals surface area contributed by atoms with Crippen molar-refractivity contribution in [2.75, 3.05) is 36.9 Å². The summed E-state index contributed by atoms with van der Waals surface area (Å²) < 4.78 is 22.6. The van der Waals surface area contributed by atoms with Crippen LogP contribution in [0.4, 0.5) is 21.0 Å². The van der Waals surface area contributed by atoms with E-state index in [1.807, 2.05) is 135 Å². The van der Waals surface area contributed by atoms with E-state index in [0.29, 0.717) is 37.4 Å². The minimum atomic E-state index is -0.729. The molecule has 6 rings (SSSR count). The van der Waals surface area contributed by atoms with Crippen LogP contribution in [-0.2, 0) is 41.8 Å². The molecule has 2 heterocycles. The van der Waals surface area contributed by atoms with Gasteiger partial charge >= 0.3 is 12.2 Å². The zero-order valence-electron chi connectivity index (χ0n) is 31.7. The Kier molecular flexibility index (Phi) is 13.9. The maximum absolute atomic E-state index is 13.4. The van der Waals surface area contributed by atoms with Crippen molar-refractivity contribution in [3.63, 3.8) is 0 Å². The van der Waals surface area contributed by atoms with Crippen molar-refractivity contribution in [2.45, 2.75) is 64.2 Å². The molecule has 4 aromatic rings. The highest BCUT2D eigenvalue weighted by molar-refractivity contribution is 5.98. The number of anilines is 2. The van der Waals surface area contributed by atoms with Crippen molar-refractivity contribution in [1.29, 1.82) is 0 Å². The molecule has 292 valence electrons. The third-order valence-electron chi connectivity index (χ3n) is 9.64. The Morgan fingerprint density at radius 1 is 0.571 bits per heavy atom. The van der Waals surface area contributed by atoms with Crippen LogP contribution in [0.25, 0.3) is 12.2 Å². The molecule has 2 fully saturated rings. The van der Waals surface area contributed by atoms with Crippen molar-refractivity contribution in [3.8, 4) is 0 Å². The van der Waals surface area contributed by atoms with Crippen LogP contribution in [0.3, 0.4) is 0 Å². The fraction of sp³-hybridized carbons (Fsp3) is 0.318. The number of carbonyl (C=O) groups is 4. The first-order valence-electron chi connectivity index (χ1n) is 19.0. The highest BCUT2D eigenvalue weighted by atomic mass is 16.6. The molecular weight excluding hydrogens is 713 g/mol. The number of hydrogen-bond acceptors (Lipinski definition) is 8. The lowest BCUT2D eigenvalue weighted by Gasteiger charge is -2.23. The van der Waals surface area contributed by atoms with Crippen molar-refractivity contribution in [1.82, 2.24) is 9.80 Å². The molecule has 0 bridgehead atoms. The number of carbonyl (C=O) groups excluding carboxylic acids is 4. The molecule has 4 aromatic carbocycles. The largest absolute Gasteiger partial charge is 0.445 e. The predicted octanol–water partition coefficient (Wildman–Crippen LogP) is 7.37. The van der Waals surface area contributed by atoms with Gasteiger partial charge in [-0.15, -0.1) is 0 Å². The summed E-state index contributed by atoms with van der Waals surface area (Å²) in [6, 6.07) is 32.1. The molecule has 0 aliphatic carbocycles. The molecule has 0 radical (unpaired) electrons. The van der Waals surface area contributed by atoms with Crippen LogP contribution < -0.4 is 10.6 Å². The van der Waals surface area contributed by atoms with Gasteiger partial charge in [0.15, 0.2) is 0 Å². The van der Waals surface area contributed by atoms with Gasteiger partial charge in [-0.2, -0.15) is 0 Å². The van der Waals surface area contributed by atoms with Crippen LogP contribution in [0.2, 0.25) is 0 Å². The molecule has 4 atom stereocenters. The van der Waals surface area contributed by atoms with Crippen molar-refractivity contribution >= 4 is 47.5 Å². The van der Waals surface area contributed by atoms with Crippen LogP contribution in [0.15, 0.2) is 109 Å². The third kappa shape index (κ3) is 10.8. The van der Waals surface area contributed by atoms with E-state index in [2.05, 4.69) is 10.6 Å². The highest BCUT2D eigenvalue weighted by Crippen LogP contribution is 2.26. The summed E-state index contributed by atoms with van der Waals surface area (Å²) >= 11 is 0. The van der Waals surface area contributed by atoms with Crippen molar-refractivity contribution in [3.05, 3.63) is 131 Å². The molecule has 0 spiro atoms. The van der Waals surface area contributed by atoms with Crippen molar-refractivity contribution in [2.24, 2.45) is 0 Å². The van der Waals surface area contributed by atoms with Gasteiger partial charge in [0.25, 0.3) is 0 Å². The Morgan fingerprint density at radius 3 is 1.30 bits per heavy atom. The number of likely N-dealkylation sites (tertiary alicyclic amines) is 2. The van der Waals surface area contributed by atoms with Gasteiger partial charge in [0.1, 0.15) is 25.3 Å². The van der Waals surface area contributed by atoms with Gasteiger partial charge < -0.3 is 29.6 Å². The lowest BCUT2D eigenvalue weighted by Crippen LogP contribution is -2.43. The molecule has 56 heavy (non-hydrogen) atoms. The Bertz CT molecular complexity index is 1800. The van der Waals surface area contributed by atoms with Gasteiger partial charge in [-0.05, 0) is 60.4 Å². The van der Waals surface area contributed by atoms with E-state index in [4.69, 9.17) is 18.9 Å². The fourth-order valence-corrected chi connectivity index (χ4v) is 6.81. The highest BCUT2D eigenvalue weighted by Gasteiger charge is 2.42. The molecule has 12 nitrogen and oxygen atoms in total. The Morgan fingerprint density at radius 2 is 0.946 bits per heavy atom. The van der Waals surface area contributed by atoms with Gasteiger partial charge in [-0.3, -0.25) is 19.4 Å². The number of hydrogen-bond donors (Lipinski definition) is 2. The minimum Gasteiger partial charge on any atom is -0.445 e. The SMILES string of the molecule is CCO[C@@H]1C[C@@H](C(=O)Nc2ccc(C=Cc3ccc(NC(=O)[C@@H]4C[C@@H](OCC)CN4C(=O)OCc4ccccc4)cc3)cc2)N(C(=O)OCc2ccccc2)C1. The molecular formula is C44H48N4O8. The molecule has 4 amide bonds. The van der Waals surface area contributed by atoms with E-state index >= 15 is 0 Å². The standard InChI is InChI=1S/C44H48N4O8/c1-3-53-37-25-39(47(27-37)43(51)55-29-33-11-7-5-8-12-33)41(49)45-35-21-17-31(18-22-35)15-16-32-19-23-36(24-20-32)46-42(50)40-26-38(54-4-2)28-48(40)44(52)56-30-34-13-9-6-10-14-34/h5-24,37-40H,3-4,25-30H2,1-2H3,(H,45,49)(H,46,50)/t37-,38-,39+,40+/m1/s1. The number of nitrogens with zero attached hydrogens (tertiary/aromatic N) is 2. The quantitative estimate of drug-likeness (QED) is 0.127. The van der Waals surface area contributed by atoms with Gasteiger partial charge in [0, 0.05) is 37.4 Å². The summed E-state index contributed by atoms with van der Waals surface area (Å²) in [7, 11) is 0. The number of rotatable bonds is 14. The van der Waals surface area contributed by atoms with Gasteiger partial charge in [-0.25, -0.2) is 9.59 Å². The van der Waals surface area contributed by atoms with E-state index in [1.54, 1.807) is 0 Å². The zero-order chi connectivity index (χ0) is 39.3. The maximum Gasteiger partial charge on any atom is 0.410 e. The molecule has 2 aliphatic heterocycles. The lowest BCUT2D eigenvalue weighted by molar-refractivity contribution is -0.120. The van der Waals surface area contributed by atoms with Crippen molar-refractivity contribution < 1.29 is 38.1 Å². The zero-order valence-corrected chi connectivity index (χ0v) is 31.7. The first-order chi connectivity index (χ1) is 27.3. The second kappa shape index (κ2) is 19.6. The van der Waals surface area contributed by atoms with Crippen LogP contribution >= 0.6 is 0 Å². The number of amides is 4. The molecule has 2 saturated heterocycles. The topological polar surface area (TPSA) is 136 Å². The van der Waals surface area contributed by atoms with Crippen LogP contribution in [0.1, 0.15) is 48.9 Å². The third-order valence-corrected chi connectivity index (χ3v) is 9.64. The van der Waals surface area contributed by atoms with Crippen LogP contribution in [-0.4, -0.2) is 84.4 Å². The molecule has 0 saturated carbocycles. The normalized spacial score (nSPS) is 19.2. The van der Waals surface area contributed by atoms with Gasteiger partial charge in [-0.1, -0.05) is 97.1 Å². The predicted molar refractivity (Wildman–Crippen MR) is 213 cm³/mol. The minimum absolute atomic E-state index is 0.115. The smallest absolute Gasteiger partial charge is 0.410 e. The van der Waals surface area contributed by atoms with Crippen LogP contribution in [0, 0.1) is 0 Å². The van der Waals surface area contributed by atoms with Gasteiger partial charge in [0.2, 0.25) is 11.8 Å². The van der Waals surface area contributed by atoms with E-state index in [9.17, 15) is 19.2 Å². The summed E-state index contributed by atoms with van der Waals surface area (Å²) in [5, 5.41) is 5.88. The average molecular weight is 761 g/mol. The Hall–Kier alpha value is -5.98. The fourth-order valence-electron chi connectivity index (χ4n) is 6.81. The first kappa shape index (κ1) is 39.7. The van der Waals surface area contributed by atoms with E-state index < -0.39 is 24.3 Å². The van der Waals surface area contributed by atoms with E-state index in [0.717, 1.165) is 22.3 Å². The van der Waals surface area contributed by atoms with Gasteiger partial charge in [0.05, 0.1) is 25.3 Å². The number of ether oxygens (including phenoxy) is 4. The summed E-state index contributed by atoms with van der Waals surface area (Å²) in [6.45, 7) is 5.51. The number of nitrogens with one attached hydrogen (secondary N) is 2. The Balaban J connectivity index is 1.01. The summed E-state index contributed by atoms with van der Waals surface area (Å²) in [5.74, 6) is -0.617.